The van der Waals surface area contributed by atoms with Crippen LogP contribution in [0.4, 0.5) is 4.39 Å². The SMILES string of the molecule is C[C@@H]1CCc2sc(C(=O)NNC(=O)/C=C/c3ccc(F)cc3)cc2C1. The lowest BCUT2D eigenvalue weighted by Gasteiger charge is -2.16. The quantitative estimate of drug-likeness (QED) is 0.652. The predicted molar refractivity (Wildman–Crippen MR) is 96.6 cm³/mol. The van der Waals surface area contributed by atoms with E-state index in [0.717, 1.165) is 19.3 Å². The number of nitrogens with one attached hydrogen (secondary N) is 2. The molecule has 1 atom stereocenters. The highest BCUT2D eigenvalue weighted by Crippen LogP contribution is 2.32. The summed E-state index contributed by atoms with van der Waals surface area (Å²) in [5.74, 6) is -0.445. The third-order valence-electron chi connectivity index (χ3n) is 4.15. The molecule has 6 heteroatoms. The van der Waals surface area contributed by atoms with Gasteiger partial charge in [-0.1, -0.05) is 19.1 Å². The molecule has 0 aliphatic heterocycles. The van der Waals surface area contributed by atoms with Crippen LogP contribution in [-0.4, -0.2) is 11.8 Å². The number of hydrogen-bond donors (Lipinski definition) is 2. The van der Waals surface area contributed by atoms with E-state index in [0.29, 0.717) is 16.4 Å². The monoisotopic (exact) mass is 358 g/mol. The second kappa shape index (κ2) is 7.61. The largest absolute Gasteiger partial charge is 0.279 e. The summed E-state index contributed by atoms with van der Waals surface area (Å²) in [4.78, 5) is 25.8. The average Bonchev–Trinajstić information content (AvgIpc) is 3.02. The summed E-state index contributed by atoms with van der Waals surface area (Å²) in [7, 11) is 0. The summed E-state index contributed by atoms with van der Waals surface area (Å²) in [5.41, 5.74) is 6.73. The number of fused-ring (bicyclic) bond motifs is 1. The Morgan fingerprint density at radius 3 is 2.76 bits per heavy atom. The van der Waals surface area contributed by atoms with Crippen LogP contribution in [0.25, 0.3) is 6.08 Å². The maximum absolute atomic E-state index is 12.8. The van der Waals surface area contributed by atoms with Crippen LogP contribution in [0.5, 0.6) is 0 Å². The molecule has 0 spiro atoms. The minimum atomic E-state index is -0.451. The minimum absolute atomic E-state index is 0.310. The zero-order chi connectivity index (χ0) is 17.8. The van der Waals surface area contributed by atoms with Gasteiger partial charge in [-0.25, -0.2) is 4.39 Å². The van der Waals surface area contributed by atoms with Crippen molar-refractivity contribution in [1.82, 2.24) is 10.9 Å². The molecule has 130 valence electrons. The van der Waals surface area contributed by atoms with Crippen molar-refractivity contribution in [1.29, 1.82) is 0 Å². The topological polar surface area (TPSA) is 58.2 Å². The van der Waals surface area contributed by atoms with Gasteiger partial charge < -0.3 is 0 Å². The first-order valence-electron chi connectivity index (χ1n) is 8.17. The van der Waals surface area contributed by atoms with Gasteiger partial charge in [0.1, 0.15) is 5.82 Å². The molecule has 1 aliphatic rings. The fourth-order valence-electron chi connectivity index (χ4n) is 2.79. The van der Waals surface area contributed by atoms with E-state index in [1.165, 1.54) is 40.0 Å². The van der Waals surface area contributed by atoms with Gasteiger partial charge in [0.2, 0.25) is 0 Å². The van der Waals surface area contributed by atoms with Crippen molar-refractivity contribution in [3.8, 4) is 0 Å². The van der Waals surface area contributed by atoms with E-state index in [2.05, 4.69) is 17.8 Å². The zero-order valence-electron chi connectivity index (χ0n) is 13.8. The fourth-order valence-corrected chi connectivity index (χ4v) is 3.89. The summed E-state index contributed by atoms with van der Waals surface area (Å²) in [6.07, 6.45) is 6.01. The molecule has 0 unspecified atom stereocenters. The van der Waals surface area contributed by atoms with Gasteiger partial charge in [0.05, 0.1) is 4.88 Å². The molecule has 25 heavy (non-hydrogen) atoms. The Labute approximate surface area is 149 Å². The molecule has 2 aromatic rings. The standard InChI is InChI=1S/C19H19FN2O2S/c1-12-2-8-16-14(10-12)11-17(25-16)19(24)22-21-18(23)9-5-13-3-6-15(20)7-4-13/h3-7,9,11-12H,2,8,10H2,1H3,(H,21,23)(H,22,24)/b9-5+/t12-/m1/s1. The molecule has 0 radical (unpaired) electrons. The van der Waals surface area contributed by atoms with Gasteiger partial charge in [-0.05, 0) is 60.6 Å². The molecule has 0 bridgehead atoms. The number of carbonyl (C=O) groups is 2. The van der Waals surface area contributed by atoms with E-state index in [1.807, 2.05) is 6.07 Å². The van der Waals surface area contributed by atoms with Crippen molar-refractivity contribution in [2.45, 2.75) is 26.2 Å². The Hall–Kier alpha value is -2.47. The lowest BCUT2D eigenvalue weighted by Crippen LogP contribution is -2.40. The summed E-state index contributed by atoms with van der Waals surface area (Å²) < 4.78 is 12.8. The van der Waals surface area contributed by atoms with E-state index in [4.69, 9.17) is 0 Å². The Bertz CT molecular complexity index is 811. The molecule has 3 rings (SSSR count). The number of benzene rings is 1. The van der Waals surface area contributed by atoms with Gasteiger partial charge in [-0.2, -0.15) is 0 Å². The highest BCUT2D eigenvalue weighted by Gasteiger charge is 2.20. The van der Waals surface area contributed by atoms with Crippen LogP contribution in [0.2, 0.25) is 0 Å². The van der Waals surface area contributed by atoms with E-state index in [9.17, 15) is 14.0 Å². The van der Waals surface area contributed by atoms with E-state index >= 15 is 0 Å². The molecule has 1 aliphatic carbocycles. The third-order valence-corrected chi connectivity index (χ3v) is 5.39. The lowest BCUT2D eigenvalue weighted by molar-refractivity contribution is -0.117. The van der Waals surface area contributed by atoms with Crippen LogP contribution in [0.15, 0.2) is 36.4 Å². The maximum Gasteiger partial charge on any atom is 0.279 e. The first kappa shape index (κ1) is 17.4. The van der Waals surface area contributed by atoms with Crippen LogP contribution < -0.4 is 10.9 Å². The van der Waals surface area contributed by atoms with Gasteiger partial charge in [-0.3, -0.25) is 20.4 Å². The Morgan fingerprint density at radius 1 is 1.24 bits per heavy atom. The number of rotatable bonds is 3. The Balaban J connectivity index is 1.53. The van der Waals surface area contributed by atoms with Crippen LogP contribution in [0.1, 0.15) is 39.0 Å². The van der Waals surface area contributed by atoms with Gasteiger partial charge >= 0.3 is 0 Å². The number of hydrogen-bond acceptors (Lipinski definition) is 3. The van der Waals surface area contributed by atoms with E-state index in [-0.39, 0.29) is 11.7 Å². The number of thiophene rings is 1. The van der Waals surface area contributed by atoms with Gasteiger partial charge in [0, 0.05) is 11.0 Å². The van der Waals surface area contributed by atoms with Gasteiger partial charge in [0.25, 0.3) is 11.8 Å². The highest BCUT2D eigenvalue weighted by molar-refractivity contribution is 7.14. The number of carbonyl (C=O) groups excluding carboxylic acids is 2. The number of aryl methyl sites for hydroxylation is 1. The number of halogens is 1. The molecule has 4 nitrogen and oxygen atoms in total. The van der Waals surface area contributed by atoms with Crippen LogP contribution in [0.3, 0.4) is 0 Å². The molecule has 0 saturated heterocycles. The summed E-state index contributed by atoms with van der Waals surface area (Å²) in [6.45, 7) is 2.22. The summed E-state index contributed by atoms with van der Waals surface area (Å²) in [6, 6.07) is 7.69. The molecule has 1 heterocycles. The van der Waals surface area contributed by atoms with Crippen molar-refractivity contribution >= 4 is 29.2 Å². The predicted octanol–water partition coefficient (Wildman–Crippen LogP) is 3.49. The molecular formula is C19H19FN2O2S. The highest BCUT2D eigenvalue weighted by atomic mass is 32.1. The molecule has 1 aromatic heterocycles. The zero-order valence-corrected chi connectivity index (χ0v) is 14.7. The molecule has 0 saturated carbocycles. The average molecular weight is 358 g/mol. The number of hydrazine groups is 1. The molecule has 2 amide bonds. The molecule has 1 aromatic carbocycles. The second-order valence-corrected chi connectivity index (χ2v) is 7.37. The number of amides is 2. The minimum Gasteiger partial charge on any atom is -0.268 e. The van der Waals surface area contributed by atoms with E-state index < -0.39 is 5.91 Å². The van der Waals surface area contributed by atoms with Gasteiger partial charge in [0.15, 0.2) is 0 Å². The first-order chi connectivity index (χ1) is 12.0. The third kappa shape index (κ3) is 4.54. The smallest absolute Gasteiger partial charge is 0.268 e. The van der Waals surface area contributed by atoms with Crippen molar-refractivity contribution < 1.29 is 14.0 Å². The Kier molecular flexibility index (Phi) is 5.28. The maximum atomic E-state index is 12.8. The van der Waals surface area contributed by atoms with Crippen molar-refractivity contribution in [2.24, 2.45) is 5.92 Å². The second-order valence-electron chi connectivity index (χ2n) is 6.24. The van der Waals surface area contributed by atoms with Crippen molar-refractivity contribution in [3.05, 3.63) is 63.1 Å². The summed E-state index contributed by atoms with van der Waals surface area (Å²) in [5, 5.41) is 0. The molecule has 2 N–H and O–H groups in total. The fraction of sp³-hybridized carbons (Fsp3) is 0.263. The van der Waals surface area contributed by atoms with Crippen molar-refractivity contribution in [2.75, 3.05) is 0 Å². The van der Waals surface area contributed by atoms with Crippen LogP contribution in [0, 0.1) is 11.7 Å². The molecule has 0 fully saturated rings. The molecular weight excluding hydrogens is 339 g/mol. The van der Waals surface area contributed by atoms with Crippen LogP contribution in [-0.2, 0) is 17.6 Å². The first-order valence-corrected chi connectivity index (χ1v) is 8.98. The van der Waals surface area contributed by atoms with E-state index in [1.54, 1.807) is 18.2 Å². The lowest BCUT2D eigenvalue weighted by atomic mass is 9.90. The van der Waals surface area contributed by atoms with Gasteiger partial charge in [-0.15, -0.1) is 11.3 Å². The summed E-state index contributed by atoms with van der Waals surface area (Å²) >= 11 is 1.49. The van der Waals surface area contributed by atoms with Crippen LogP contribution >= 0.6 is 11.3 Å². The van der Waals surface area contributed by atoms with Crippen molar-refractivity contribution in [3.63, 3.8) is 0 Å². The normalized spacial score (nSPS) is 16.5. The Morgan fingerprint density at radius 2 is 2.00 bits per heavy atom.